The molecule has 5 heteroatoms. The lowest BCUT2D eigenvalue weighted by Gasteiger charge is -2.23. The van der Waals surface area contributed by atoms with E-state index in [1.165, 1.54) is 10.5 Å². The highest BCUT2D eigenvalue weighted by molar-refractivity contribution is 5.86. The number of benzene rings is 1. The molecular weight excluding hydrogens is 268 g/mol. The van der Waals surface area contributed by atoms with Crippen molar-refractivity contribution in [2.75, 3.05) is 33.7 Å². The van der Waals surface area contributed by atoms with E-state index in [1.54, 1.807) is 0 Å². The van der Waals surface area contributed by atoms with Gasteiger partial charge in [0.05, 0.1) is 0 Å². The van der Waals surface area contributed by atoms with Crippen molar-refractivity contribution in [1.82, 2.24) is 9.80 Å². The molecule has 2 atom stereocenters. The minimum absolute atomic E-state index is 0.0342. The molecule has 1 aliphatic rings. The smallest absolute Gasteiger partial charge is 0.323 e. The Morgan fingerprint density at radius 2 is 1.86 bits per heavy atom. The lowest BCUT2D eigenvalue weighted by Crippen LogP contribution is -2.41. The Hall–Kier alpha value is -1.88. The summed E-state index contributed by atoms with van der Waals surface area (Å²) in [4.78, 5) is 26.8. The minimum Gasteiger partial charge on any atom is -0.480 e. The van der Waals surface area contributed by atoms with E-state index in [9.17, 15) is 9.59 Å². The Morgan fingerprint density at radius 3 is 2.43 bits per heavy atom. The predicted molar refractivity (Wildman–Crippen MR) is 80.1 cm³/mol. The highest BCUT2D eigenvalue weighted by atomic mass is 16.4. The Bertz CT molecular complexity index is 502. The van der Waals surface area contributed by atoms with Crippen LogP contribution in [0.15, 0.2) is 30.3 Å². The molecule has 5 nitrogen and oxygen atoms in total. The number of carbonyl (C=O) groups excluding carboxylic acids is 1. The number of hydrogen-bond acceptors (Lipinski definition) is 3. The monoisotopic (exact) mass is 290 g/mol. The third kappa shape index (κ3) is 4.29. The van der Waals surface area contributed by atoms with Crippen molar-refractivity contribution in [3.8, 4) is 0 Å². The summed E-state index contributed by atoms with van der Waals surface area (Å²) in [5.41, 5.74) is 1.17. The van der Waals surface area contributed by atoms with Crippen LogP contribution in [0.2, 0.25) is 0 Å². The van der Waals surface area contributed by atoms with Gasteiger partial charge in [-0.3, -0.25) is 9.59 Å². The molecule has 0 heterocycles. The first kappa shape index (κ1) is 15.5. The van der Waals surface area contributed by atoms with Crippen LogP contribution in [0.1, 0.15) is 17.9 Å². The summed E-state index contributed by atoms with van der Waals surface area (Å²) in [5.74, 6) is -0.810. The average molecular weight is 290 g/mol. The van der Waals surface area contributed by atoms with Gasteiger partial charge in [0.1, 0.15) is 6.54 Å². The summed E-state index contributed by atoms with van der Waals surface area (Å²) in [6.07, 6.45) is 0.820. The van der Waals surface area contributed by atoms with Gasteiger partial charge in [-0.2, -0.15) is 0 Å². The molecule has 1 N–H and O–H groups in total. The largest absolute Gasteiger partial charge is 0.480 e. The molecule has 1 fully saturated rings. The van der Waals surface area contributed by atoms with Gasteiger partial charge in [-0.05, 0) is 32.0 Å². The Labute approximate surface area is 125 Å². The van der Waals surface area contributed by atoms with Gasteiger partial charge in [-0.25, -0.2) is 0 Å². The number of rotatable bonds is 7. The summed E-state index contributed by atoms with van der Waals surface area (Å²) >= 11 is 0. The van der Waals surface area contributed by atoms with Crippen LogP contribution in [0, 0.1) is 5.92 Å². The number of likely N-dealkylation sites (N-methyl/N-ethyl adjacent to an activating group) is 1. The minimum atomic E-state index is -0.959. The van der Waals surface area contributed by atoms with E-state index in [4.69, 9.17) is 5.11 Å². The third-order valence-electron chi connectivity index (χ3n) is 3.79. The van der Waals surface area contributed by atoms with Gasteiger partial charge in [0, 0.05) is 19.0 Å². The maximum atomic E-state index is 12.5. The number of aliphatic carboxylic acids is 1. The Morgan fingerprint density at radius 1 is 1.19 bits per heavy atom. The topological polar surface area (TPSA) is 60.9 Å². The van der Waals surface area contributed by atoms with Gasteiger partial charge in [-0.1, -0.05) is 30.3 Å². The molecule has 0 saturated heterocycles. The van der Waals surface area contributed by atoms with E-state index in [0.29, 0.717) is 13.1 Å². The van der Waals surface area contributed by atoms with Crippen LogP contribution in [0.25, 0.3) is 0 Å². The van der Waals surface area contributed by atoms with Crippen LogP contribution in [0.3, 0.4) is 0 Å². The van der Waals surface area contributed by atoms with Crippen LogP contribution in [-0.4, -0.2) is 60.5 Å². The zero-order valence-corrected chi connectivity index (χ0v) is 12.5. The number of hydrogen-bond donors (Lipinski definition) is 1. The van der Waals surface area contributed by atoms with Crippen molar-refractivity contribution < 1.29 is 14.7 Å². The highest BCUT2D eigenvalue weighted by Gasteiger charge is 2.45. The molecule has 1 aliphatic carbocycles. The second kappa shape index (κ2) is 6.72. The number of amides is 1. The SMILES string of the molecule is CN(C)CCN(CC(=O)O)C(=O)C1CC1c1ccccc1. The molecule has 0 spiro atoms. The van der Waals surface area contributed by atoms with Crippen molar-refractivity contribution in [3.63, 3.8) is 0 Å². The number of carboxylic acids is 1. The van der Waals surface area contributed by atoms with Gasteiger partial charge in [-0.15, -0.1) is 0 Å². The van der Waals surface area contributed by atoms with Gasteiger partial charge in [0.15, 0.2) is 0 Å². The van der Waals surface area contributed by atoms with E-state index in [-0.39, 0.29) is 24.3 Å². The second-order valence-electron chi connectivity index (χ2n) is 5.82. The highest BCUT2D eigenvalue weighted by Crippen LogP contribution is 2.48. The van der Waals surface area contributed by atoms with E-state index in [2.05, 4.69) is 0 Å². The average Bonchev–Trinajstić information content (AvgIpc) is 3.23. The normalized spacial score (nSPS) is 20.3. The van der Waals surface area contributed by atoms with Crippen LogP contribution in [0.5, 0.6) is 0 Å². The molecule has 114 valence electrons. The first-order valence-electron chi connectivity index (χ1n) is 7.19. The fraction of sp³-hybridized carbons (Fsp3) is 0.500. The lowest BCUT2D eigenvalue weighted by atomic mass is 10.1. The van der Waals surface area contributed by atoms with Crippen molar-refractivity contribution in [2.24, 2.45) is 5.92 Å². The zero-order valence-electron chi connectivity index (χ0n) is 12.5. The quantitative estimate of drug-likeness (QED) is 0.821. The first-order chi connectivity index (χ1) is 9.99. The molecule has 0 aliphatic heterocycles. The lowest BCUT2D eigenvalue weighted by molar-refractivity contribution is -0.145. The third-order valence-corrected chi connectivity index (χ3v) is 3.79. The van der Waals surface area contributed by atoms with Crippen LogP contribution >= 0.6 is 0 Å². The maximum absolute atomic E-state index is 12.5. The molecule has 2 rings (SSSR count). The zero-order chi connectivity index (χ0) is 15.4. The van der Waals surface area contributed by atoms with Crippen LogP contribution in [0.4, 0.5) is 0 Å². The summed E-state index contributed by atoms with van der Waals surface area (Å²) in [5, 5.41) is 8.98. The standard InChI is InChI=1S/C16H22N2O3/c1-17(2)8-9-18(11-15(19)20)16(21)14-10-13(14)12-6-4-3-5-7-12/h3-7,13-14H,8-11H2,1-2H3,(H,19,20). The van der Waals surface area contributed by atoms with Crippen molar-refractivity contribution in [2.45, 2.75) is 12.3 Å². The van der Waals surface area contributed by atoms with Crippen molar-refractivity contribution in [3.05, 3.63) is 35.9 Å². The predicted octanol–water partition coefficient (Wildman–Crippen LogP) is 1.26. The molecule has 1 saturated carbocycles. The summed E-state index contributed by atoms with van der Waals surface area (Å²) in [7, 11) is 3.82. The van der Waals surface area contributed by atoms with E-state index < -0.39 is 5.97 Å². The van der Waals surface area contributed by atoms with Gasteiger partial charge >= 0.3 is 5.97 Å². The van der Waals surface area contributed by atoms with E-state index in [1.807, 2.05) is 49.3 Å². The van der Waals surface area contributed by atoms with Gasteiger partial charge < -0.3 is 14.9 Å². The van der Waals surface area contributed by atoms with Crippen LogP contribution < -0.4 is 0 Å². The van der Waals surface area contributed by atoms with E-state index in [0.717, 1.165) is 6.42 Å². The Kier molecular flexibility index (Phi) is 4.96. The van der Waals surface area contributed by atoms with Gasteiger partial charge in [0.25, 0.3) is 0 Å². The molecular formula is C16H22N2O3. The summed E-state index contributed by atoms with van der Waals surface area (Å²) in [6.45, 7) is 0.905. The van der Waals surface area contributed by atoms with Gasteiger partial charge in [0.2, 0.25) is 5.91 Å². The first-order valence-corrected chi connectivity index (χ1v) is 7.19. The summed E-state index contributed by atoms with van der Waals surface area (Å²) in [6, 6.07) is 9.95. The molecule has 0 bridgehead atoms. The molecule has 0 aromatic heterocycles. The maximum Gasteiger partial charge on any atom is 0.323 e. The molecule has 1 aromatic carbocycles. The molecule has 0 radical (unpaired) electrons. The molecule has 2 unspecified atom stereocenters. The number of nitrogens with zero attached hydrogens (tertiary/aromatic N) is 2. The number of carboxylic acid groups (broad SMARTS) is 1. The molecule has 21 heavy (non-hydrogen) atoms. The van der Waals surface area contributed by atoms with Crippen molar-refractivity contribution >= 4 is 11.9 Å². The molecule has 1 amide bonds. The Balaban J connectivity index is 1.97. The fourth-order valence-electron chi connectivity index (χ4n) is 2.52. The van der Waals surface area contributed by atoms with Crippen LogP contribution in [-0.2, 0) is 9.59 Å². The van der Waals surface area contributed by atoms with E-state index >= 15 is 0 Å². The fourth-order valence-corrected chi connectivity index (χ4v) is 2.52. The summed E-state index contributed by atoms with van der Waals surface area (Å²) < 4.78 is 0. The number of carbonyl (C=O) groups is 2. The molecule has 1 aromatic rings. The second-order valence-corrected chi connectivity index (χ2v) is 5.82. The van der Waals surface area contributed by atoms with Crippen molar-refractivity contribution in [1.29, 1.82) is 0 Å².